The molecule has 0 fully saturated rings. The third-order valence-corrected chi connectivity index (χ3v) is 9.31. The van der Waals surface area contributed by atoms with Crippen molar-refractivity contribution in [2.75, 3.05) is 0 Å². The second-order valence-electron chi connectivity index (χ2n) is 12.1. The van der Waals surface area contributed by atoms with Gasteiger partial charge in [0, 0.05) is 27.6 Å². The van der Waals surface area contributed by atoms with Crippen molar-refractivity contribution in [1.82, 2.24) is 9.97 Å². The zero-order valence-electron chi connectivity index (χ0n) is 26.2. The third-order valence-electron chi connectivity index (χ3n) is 9.31. The predicted octanol–water partition coefficient (Wildman–Crippen LogP) is 12.0. The van der Waals surface area contributed by atoms with Crippen LogP contribution in [0.2, 0.25) is 0 Å². The van der Waals surface area contributed by atoms with Crippen LogP contribution in [0.1, 0.15) is 18.2 Å². The summed E-state index contributed by atoms with van der Waals surface area (Å²) in [6.07, 6.45) is 4.24. The van der Waals surface area contributed by atoms with Gasteiger partial charge < -0.3 is 4.42 Å². The van der Waals surface area contributed by atoms with E-state index in [0.717, 1.165) is 45.0 Å². The van der Waals surface area contributed by atoms with Crippen LogP contribution in [0.3, 0.4) is 0 Å². The van der Waals surface area contributed by atoms with Crippen LogP contribution >= 0.6 is 0 Å². The largest absolute Gasteiger partial charge is 0.461 e. The van der Waals surface area contributed by atoms with Crippen LogP contribution in [-0.4, -0.2) is 9.97 Å². The van der Waals surface area contributed by atoms with Crippen LogP contribution in [0.4, 0.5) is 0 Å². The van der Waals surface area contributed by atoms with E-state index in [1.54, 1.807) is 0 Å². The molecule has 8 aromatic rings. The Bertz CT molecular complexity index is 2510. The lowest BCUT2D eigenvalue weighted by atomic mass is 9.97. The molecule has 2 aromatic heterocycles. The maximum atomic E-state index is 6.35. The molecule has 0 saturated heterocycles. The summed E-state index contributed by atoms with van der Waals surface area (Å²) >= 11 is 0. The Morgan fingerprint density at radius 1 is 0.511 bits per heavy atom. The molecule has 3 nitrogen and oxygen atoms in total. The first kappa shape index (κ1) is 27.3. The molecule has 0 aliphatic heterocycles. The smallest absolute Gasteiger partial charge is 0.160 e. The van der Waals surface area contributed by atoms with Crippen molar-refractivity contribution in [2.24, 2.45) is 0 Å². The molecule has 2 heterocycles. The van der Waals surface area contributed by atoms with E-state index in [9.17, 15) is 0 Å². The molecule has 0 saturated carbocycles. The summed E-state index contributed by atoms with van der Waals surface area (Å²) in [7, 11) is 0. The quantitative estimate of drug-likeness (QED) is 0.197. The molecule has 9 rings (SSSR count). The van der Waals surface area contributed by atoms with Crippen LogP contribution < -0.4 is 0 Å². The molecule has 3 heteroatoms. The third kappa shape index (κ3) is 4.43. The highest BCUT2D eigenvalue weighted by Gasteiger charge is 2.26. The monoisotopic (exact) mass is 602 g/mol. The standard InChI is InChI=1S/C44H30N2O/c1-3-11-33-27(2)47-41-25-38-37-24-32(22-23-34(37)35-16-10-17-36(42(35)38)43(33)41)40-26-39(45-44(46-40)31-14-8-5-9-15-31)30-20-18-29(19-21-30)28-12-6-4-7-13-28/h3-26H,1-2H3/b11-3-. The SMILES string of the molecule is C/C=C\c1c(C)oc2cc3c4c(cccc4c12)-c1ccc(-c2cc(-c4ccc(-c5ccccc5)cc4)nc(-c4ccccc4)n2)cc1-3. The number of nitrogens with zero attached hydrogens (tertiary/aromatic N) is 2. The Morgan fingerprint density at radius 3 is 1.91 bits per heavy atom. The molecular weight excluding hydrogens is 572 g/mol. The maximum absolute atomic E-state index is 6.35. The van der Waals surface area contributed by atoms with Gasteiger partial charge in [-0.05, 0) is 76.2 Å². The first-order valence-corrected chi connectivity index (χ1v) is 16.0. The Labute approximate surface area is 273 Å². The van der Waals surface area contributed by atoms with Gasteiger partial charge in [-0.3, -0.25) is 0 Å². The number of allylic oxidation sites excluding steroid dienone is 1. The molecule has 0 spiro atoms. The van der Waals surface area contributed by atoms with Crippen molar-refractivity contribution in [3.8, 4) is 67.3 Å². The number of fused-ring (bicyclic) bond motifs is 5. The molecule has 0 amide bonds. The Kier molecular flexibility index (Phi) is 6.26. The van der Waals surface area contributed by atoms with E-state index in [2.05, 4.69) is 135 Å². The average molecular weight is 603 g/mol. The van der Waals surface area contributed by atoms with Crippen LogP contribution in [0, 0.1) is 6.92 Å². The van der Waals surface area contributed by atoms with Crippen molar-refractivity contribution < 1.29 is 4.42 Å². The number of aryl methyl sites for hydroxylation is 1. The van der Waals surface area contributed by atoms with E-state index in [0.29, 0.717) is 5.82 Å². The number of aromatic nitrogens is 2. The molecule has 1 aliphatic rings. The van der Waals surface area contributed by atoms with E-state index in [4.69, 9.17) is 14.4 Å². The lowest BCUT2D eigenvalue weighted by Crippen LogP contribution is -1.96. The Balaban J connectivity index is 1.20. The van der Waals surface area contributed by atoms with Crippen LogP contribution in [0.25, 0.3) is 95.1 Å². The average Bonchev–Trinajstić information content (AvgIpc) is 3.63. The van der Waals surface area contributed by atoms with E-state index >= 15 is 0 Å². The predicted molar refractivity (Wildman–Crippen MR) is 195 cm³/mol. The summed E-state index contributed by atoms with van der Waals surface area (Å²) in [5.74, 6) is 1.65. The van der Waals surface area contributed by atoms with Gasteiger partial charge in [-0.25, -0.2) is 9.97 Å². The summed E-state index contributed by atoms with van der Waals surface area (Å²) in [6, 6.07) is 47.0. The second kappa shape index (κ2) is 10.8. The van der Waals surface area contributed by atoms with Gasteiger partial charge in [0.2, 0.25) is 0 Å². The summed E-state index contributed by atoms with van der Waals surface area (Å²) in [4.78, 5) is 10.2. The fourth-order valence-electron chi connectivity index (χ4n) is 7.10. The summed E-state index contributed by atoms with van der Waals surface area (Å²) in [5, 5.41) is 3.69. The van der Waals surface area contributed by atoms with Crippen LogP contribution in [-0.2, 0) is 0 Å². The van der Waals surface area contributed by atoms with Crippen LogP contribution in [0.5, 0.6) is 0 Å². The van der Waals surface area contributed by atoms with E-state index < -0.39 is 0 Å². The highest BCUT2D eigenvalue weighted by molar-refractivity contribution is 6.24. The molecule has 0 radical (unpaired) electrons. The van der Waals surface area contributed by atoms with Gasteiger partial charge >= 0.3 is 0 Å². The molecule has 222 valence electrons. The lowest BCUT2D eigenvalue weighted by molar-refractivity contribution is 0.578. The molecule has 0 unspecified atom stereocenters. The molecule has 47 heavy (non-hydrogen) atoms. The van der Waals surface area contributed by atoms with Gasteiger partial charge in [-0.2, -0.15) is 0 Å². The molecule has 6 aromatic carbocycles. The summed E-state index contributed by atoms with van der Waals surface area (Å²) < 4.78 is 6.35. The molecule has 0 atom stereocenters. The highest BCUT2D eigenvalue weighted by atomic mass is 16.3. The van der Waals surface area contributed by atoms with Crippen molar-refractivity contribution in [1.29, 1.82) is 0 Å². The molecule has 0 N–H and O–H groups in total. The number of hydrogen-bond acceptors (Lipinski definition) is 3. The second-order valence-corrected chi connectivity index (χ2v) is 12.1. The van der Waals surface area contributed by atoms with Crippen LogP contribution in [0.15, 0.2) is 144 Å². The minimum absolute atomic E-state index is 0.709. The van der Waals surface area contributed by atoms with Gasteiger partial charge in [0.15, 0.2) is 5.82 Å². The summed E-state index contributed by atoms with van der Waals surface area (Å²) in [6.45, 7) is 4.10. The van der Waals surface area contributed by atoms with Gasteiger partial charge in [0.05, 0.1) is 11.4 Å². The first-order chi connectivity index (χ1) is 23.2. The highest BCUT2D eigenvalue weighted by Crippen LogP contribution is 2.51. The zero-order valence-corrected chi connectivity index (χ0v) is 26.2. The van der Waals surface area contributed by atoms with Crippen molar-refractivity contribution in [2.45, 2.75) is 13.8 Å². The fraction of sp³-hybridized carbons (Fsp3) is 0.0455. The minimum Gasteiger partial charge on any atom is -0.461 e. The number of rotatable bonds is 5. The zero-order chi connectivity index (χ0) is 31.5. The minimum atomic E-state index is 0.709. The van der Waals surface area contributed by atoms with Gasteiger partial charge in [-0.15, -0.1) is 0 Å². The molecular formula is C44H30N2O. The van der Waals surface area contributed by atoms with Crippen molar-refractivity contribution in [3.05, 3.63) is 151 Å². The topological polar surface area (TPSA) is 38.9 Å². The number of furan rings is 1. The van der Waals surface area contributed by atoms with E-state index in [1.165, 1.54) is 49.5 Å². The number of benzene rings is 6. The van der Waals surface area contributed by atoms with E-state index in [1.807, 2.05) is 24.3 Å². The maximum Gasteiger partial charge on any atom is 0.160 e. The summed E-state index contributed by atoms with van der Waals surface area (Å²) in [5.41, 5.74) is 14.2. The Hall–Kier alpha value is -6.06. The Morgan fingerprint density at radius 2 is 1.17 bits per heavy atom. The number of hydrogen-bond donors (Lipinski definition) is 0. The van der Waals surface area contributed by atoms with E-state index in [-0.39, 0.29) is 0 Å². The molecule has 0 bridgehead atoms. The fourth-order valence-corrected chi connectivity index (χ4v) is 7.10. The van der Waals surface area contributed by atoms with Crippen molar-refractivity contribution >= 4 is 27.8 Å². The lowest BCUT2D eigenvalue weighted by Gasteiger charge is -2.11. The normalized spacial score (nSPS) is 12.0. The van der Waals surface area contributed by atoms with Gasteiger partial charge in [-0.1, -0.05) is 127 Å². The van der Waals surface area contributed by atoms with Gasteiger partial charge in [0.25, 0.3) is 0 Å². The first-order valence-electron chi connectivity index (χ1n) is 16.0. The molecule has 1 aliphatic carbocycles. The van der Waals surface area contributed by atoms with Crippen molar-refractivity contribution in [3.63, 3.8) is 0 Å². The van der Waals surface area contributed by atoms with Gasteiger partial charge in [0.1, 0.15) is 11.3 Å².